The Morgan fingerprint density at radius 3 is 2.57 bits per heavy atom. The number of carboxylic acids is 1. The minimum absolute atomic E-state index is 0.0144. The van der Waals surface area contributed by atoms with E-state index in [2.05, 4.69) is 0 Å². The summed E-state index contributed by atoms with van der Waals surface area (Å²) < 4.78 is 37.6. The summed E-state index contributed by atoms with van der Waals surface area (Å²) >= 11 is 0. The zero-order chi connectivity index (χ0) is 15.6. The van der Waals surface area contributed by atoms with Crippen LogP contribution in [0.3, 0.4) is 0 Å². The predicted molar refractivity (Wildman–Crippen MR) is 67.7 cm³/mol. The van der Waals surface area contributed by atoms with Crippen molar-refractivity contribution in [1.82, 2.24) is 9.80 Å². The number of hydrogen-bond donors (Lipinski definition) is 1. The van der Waals surface area contributed by atoms with E-state index in [1.54, 1.807) is 0 Å². The van der Waals surface area contributed by atoms with Gasteiger partial charge < -0.3 is 14.9 Å². The van der Waals surface area contributed by atoms with Crippen molar-refractivity contribution in [3.8, 4) is 0 Å². The molecule has 21 heavy (non-hydrogen) atoms. The van der Waals surface area contributed by atoms with E-state index in [0.717, 1.165) is 12.5 Å². The number of hydrogen-bond acceptors (Lipinski definition) is 2. The molecule has 118 valence electrons. The van der Waals surface area contributed by atoms with Gasteiger partial charge in [-0.15, -0.1) is 0 Å². The summed E-state index contributed by atoms with van der Waals surface area (Å²) in [6.45, 7) is 0.396. The average molecular weight is 306 g/mol. The van der Waals surface area contributed by atoms with E-state index in [1.807, 2.05) is 0 Å². The van der Waals surface area contributed by atoms with Crippen molar-refractivity contribution in [2.24, 2.45) is 0 Å². The van der Waals surface area contributed by atoms with Crippen molar-refractivity contribution in [2.45, 2.75) is 37.9 Å². The number of aliphatic carboxylic acids is 1. The van der Waals surface area contributed by atoms with Crippen LogP contribution in [0.25, 0.3) is 0 Å². The number of rotatable bonds is 2. The minimum atomic E-state index is -4.34. The summed E-state index contributed by atoms with van der Waals surface area (Å²) in [5, 5.41) is 8.82. The van der Waals surface area contributed by atoms with Gasteiger partial charge in [0.15, 0.2) is 0 Å². The molecular weight excluding hydrogens is 289 g/mol. The average Bonchev–Trinajstić information content (AvgIpc) is 2.84. The topological polar surface area (TPSA) is 60.9 Å². The largest absolute Gasteiger partial charge is 0.481 e. The molecule has 5 nitrogen and oxygen atoms in total. The molecule has 1 unspecified atom stereocenters. The number of urea groups is 1. The molecule has 0 spiro atoms. The fourth-order valence-electron chi connectivity index (χ4n) is 2.78. The summed E-state index contributed by atoms with van der Waals surface area (Å²) in [5.41, 5.74) is -0.602. The number of nitrogens with zero attached hydrogens (tertiary/aromatic N) is 2. The Morgan fingerprint density at radius 2 is 2.05 bits per heavy atom. The Hall–Kier alpha value is -1.73. The number of halogens is 3. The highest BCUT2D eigenvalue weighted by Gasteiger charge is 2.38. The number of carbonyl (C=O) groups is 2. The van der Waals surface area contributed by atoms with Crippen LogP contribution >= 0.6 is 0 Å². The first kappa shape index (κ1) is 15.7. The fraction of sp³-hybridized carbons (Fsp3) is 0.692. The van der Waals surface area contributed by atoms with Gasteiger partial charge >= 0.3 is 18.2 Å². The molecule has 0 aromatic rings. The lowest BCUT2D eigenvalue weighted by atomic mass is 10.1. The Kier molecular flexibility index (Phi) is 4.43. The van der Waals surface area contributed by atoms with Crippen molar-refractivity contribution in [3.05, 3.63) is 11.6 Å². The fourth-order valence-corrected chi connectivity index (χ4v) is 2.78. The molecule has 1 atom stereocenters. The molecule has 8 heteroatoms. The molecule has 2 aliphatic rings. The van der Waals surface area contributed by atoms with Crippen molar-refractivity contribution < 1.29 is 27.9 Å². The number of carbonyl (C=O) groups excluding carboxylic acids is 1. The van der Waals surface area contributed by atoms with E-state index in [1.165, 1.54) is 9.80 Å². The highest BCUT2D eigenvalue weighted by Crippen LogP contribution is 2.31. The molecule has 0 bridgehead atoms. The van der Waals surface area contributed by atoms with Gasteiger partial charge in [-0.3, -0.25) is 4.79 Å². The molecule has 2 rings (SSSR count). The maximum Gasteiger partial charge on any atom is 0.412 e. The third-order valence-electron chi connectivity index (χ3n) is 3.88. The lowest BCUT2D eigenvalue weighted by molar-refractivity contribution is -0.138. The Balaban J connectivity index is 1.98. The van der Waals surface area contributed by atoms with Gasteiger partial charge in [0.1, 0.15) is 0 Å². The van der Waals surface area contributed by atoms with Gasteiger partial charge in [-0.2, -0.15) is 13.2 Å². The van der Waals surface area contributed by atoms with E-state index < -0.39 is 17.7 Å². The summed E-state index contributed by atoms with van der Waals surface area (Å²) in [6.07, 6.45) is -2.30. The predicted octanol–water partition coefficient (Wildman–Crippen LogP) is 2.24. The second kappa shape index (κ2) is 5.95. The zero-order valence-electron chi connectivity index (χ0n) is 11.4. The molecule has 0 saturated carbocycles. The first-order chi connectivity index (χ1) is 9.79. The van der Waals surface area contributed by atoms with Gasteiger partial charge in [-0.05, 0) is 19.3 Å². The number of alkyl halides is 3. The molecule has 2 heterocycles. The normalized spacial score (nSPS) is 23.2. The molecule has 0 aromatic heterocycles. The third kappa shape index (κ3) is 3.68. The van der Waals surface area contributed by atoms with Gasteiger partial charge in [0, 0.05) is 31.2 Å². The Morgan fingerprint density at radius 1 is 1.33 bits per heavy atom. The van der Waals surface area contributed by atoms with Crippen LogP contribution in [0, 0.1) is 0 Å². The highest BCUT2D eigenvalue weighted by atomic mass is 19.4. The minimum Gasteiger partial charge on any atom is -0.481 e. The smallest absolute Gasteiger partial charge is 0.412 e. The Labute approximate surface area is 120 Å². The lowest BCUT2D eigenvalue weighted by Crippen LogP contribution is -2.47. The molecule has 2 aliphatic heterocycles. The number of carboxylic acid groups (broad SMARTS) is 1. The van der Waals surface area contributed by atoms with Crippen LogP contribution in [0.5, 0.6) is 0 Å². The summed E-state index contributed by atoms with van der Waals surface area (Å²) in [4.78, 5) is 25.9. The molecule has 0 aromatic carbocycles. The molecule has 1 fully saturated rings. The van der Waals surface area contributed by atoms with Gasteiger partial charge in [-0.25, -0.2) is 4.79 Å². The van der Waals surface area contributed by atoms with E-state index >= 15 is 0 Å². The van der Waals surface area contributed by atoms with Crippen LogP contribution in [0.4, 0.5) is 18.0 Å². The number of likely N-dealkylation sites (tertiary alicyclic amines) is 1. The molecule has 2 amide bonds. The lowest BCUT2D eigenvalue weighted by Gasteiger charge is -2.33. The van der Waals surface area contributed by atoms with Crippen LogP contribution < -0.4 is 0 Å². The van der Waals surface area contributed by atoms with Gasteiger partial charge in [0.25, 0.3) is 0 Å². The molecule has 1 saturated heterocycles. The molecule has 0 aliphatic carbocycles. The van der Waals surface area contributed by atoms with Crippen molar-refractivity contribution >= 4 is 12.0 Å². The SMILES string of the molecule is O=C(O)CC1CCCN1C(=O)N1CC=C(C(F)(F)F)CC1. The van der Waals surface area contributed by atoms with E-state index in [-0.39, 0.29) is 38.0 Å². The number of amides is 2. The summed E-state index contributed by atoms with van der Waals surface area (Å²) in [7, 11) is 0. The van der Waals surface area contributed by atoms with Gasteiger partial charge in [0.05, 0.1) is 6.42 Å². The van der Waals surface area contributed by atoms with E-state index in [0.29, 0.717) is 13.0 Å². The highest BCUT2D eigenvalue weighted by molar-refractivity contribution is 5.77. The van der Waals surface area contributed by atoms with E-state index in [9.17, 15) is 22.8 Å². The zero-order valence-corrected chi connectivity index (χ0v) is 11.4. The van der Waals surface area contributed by atoms with Crippen LogP contribution in [0.1, 0.15) is 25.7 Å². The van der Waals surface area contributed by atoms with Crippen molar-refractivity contribution in [3.63, 3.8) is 0 Å². The molecule has 0 radical (unpaired) electrons. The van der Waals surface area contributed by atoms with Crippen molar-refractivity contribution in [2.75, 3.05) is 19.6 Å². The van der Waals surface area contributed by atoms with Crippen LogP contribution in [0.2, 0.25) is 0 Å². The first-order valence-corrected chi connectivity index (χ1v) is 6.82. The van der Waals surface area contributed by atoms with Gasteiger partial charge in [-0.1, -0.05) is 6.08 Å². The summed E-state index contributed by atoms with van der Waals surface area (Å²) in [5.74, 6) is -0.974. The van der Waals surface area contributed by atoms with E-state index in [4.69, 9.17) is 5.11 Å². The standard InChI is InChI=1S/C13H17F3N2O3/c14-13(15,16)9-3-6-17(7-4-9)12(21)18-5-1-2-10(18)8-11(19)20/h3,10H,1-2,4-8H2,(H,19,20). The second-order valence-electron chi connectivity index (χ2n) is 5.29. The first-order valence-electron chi connectivity index (χ1n) is 6.82. The van der Waals surface area contributed by atoms with Crippen LogP contribution in [-0.2, 0) is 4.79 Å². The maximum absolute atomic E-state index is 12.5. The third-order valence-corrected chi connectivity index (χ3v) is 3.88. The molecule has 1 N–H and O–H groups in total. The van der Waals surface area contributed by atoms with Gasteiger partial charge in [0.2, 0.25) is 0 Å². The monoisotopic (exact) mass is 306 g/mol. The quantitative estimate of drug-likeness (QED) is 0.796. The molecular formula is C13H17F3N2O3. The van der Waals surface area contributed by atoms with Crippen LogP contribution in [0.15, 0.2) is 11.6 Å². The Bertz CT molecular complexity index is 462. The summed E-state index contributed by atoms with van der Waals surface area (Å²) in [6, 6.07) is -0.723. The second-order valence-corrected chi connectivity index (χ2v) is 5.29. The maximum atomic E-state index is 12.5. The van der Waals surface area contributed by atoms with Crippen molar-refractivity contribution in [1.29, 1.82) is 0 Å². The van der Waals surface area contributed by atoms with Crippen LogP contribution in [-0.4, -0.2) is 58.8 Å².